The molecule has 168 valence electrons. The maximum Gasteiger partial charge on any atom is 0.336 e. The van der Waals surface area contributed by atoms with Gasteiger partial charge in [-0.1, -0.05) is 24.3 Å². The van der Waals surface area contributed by atoms with Gasteiger partial charge in [-0.15, -0.1) is 0 Å². The molecule has 0 saturated heterocycles. The van der Waals surface area contributed by atoms with Crippen LogP contribution in [0.15, 0.2) is 70.0 Å². The Morgan fingerprint density at radius 3 is 2.70 bits per heavy atom. The van der Waals surface area contributed by atoms with E-state index >= 15 is 0 Å². The molecule has 1 amide bonds. The van der Waals surface area contributed by atoms with E-state index in [1.165, 1.54) is 23.4 Å². The number of hydrogen-bond donors (Lipinski definition) is 3. The van der Waals surface area contributed by atoms with E-state index in [1.54, 1.807) is 25.4 Å². The molecule has 0 unspecified atom stereocenters. The van der Waals surface area contributed by atoms with Crippen molar-refractivity contribution in [1.29, 1.82) is 0 Å². The number of aromatic nitrogens is 2. The number of likely N-dealkylation sites (N-methyl/N-ethyl adjacent to an activating group) is 1. The van der Waals surface area contributed by atoms with Gasteiger partial charge in [0.1, 0.15) is 6.26 Å². The standard InChI is InChI=1S/C23H21N5O5/c1-28(20(29)11-24)13-14-4-2-3-5-16(14)19-12-26-23(33-19)27-15-6-7-17(18(10-15)22(30)31)21-25-8-9-32-21/h2-10,12H,11,13,24H2,1H3,(H,26,27)(H,30,31). The molecule has 4 rings (SSSR count). The Balaban J connectivity index is 1.58. The van der Waals surface area contributed by atoms with Gasteiger partial charge in [0, 0.05) is 24.8 Å². The molecule has 0 radical (unpaired) electrons. The maximum atomic E-state index is 11.8. The van der Waals surface area contributed by atoms with Crippen molar-refractivity contribution in [3.8, 4) is 22.8 Å². The molecule has 0 atom stereocenters. The van der Waals surface area contributed by atoms with Gasteiger partial charge in [0.25, 0.3) is 6.01 Å². The number of rotatable bonds is 8. The van der Waals surface area contributed by atoms with Crippen LogP contribution < -0.4 is 11.1 Å². The Morgan fingerprint density at radius 2 is 1.97 bits per heavy atom. The summed E-state index contributed by atoms with van der Waals surface area (Å²) in [5.41, 5.74) is 7.94. The van der Waals surface area contributed by atoms with Crippen molar-refractivity contribution < 1.29 is 23.5 Å². The summed E-state index contributed by atoms with van der Waals surface area (Å²) in [6, 6.07) is 12.4. The zero-order valence-corrected chi connectivity index (χ0v) is 17.7. The van der Waals surface area contributed by atoms with Gasteiger partial charge in [-0.05, 0) is 23.8 Å². The van der Waals surface area contributed by atoms with Crippen LogP contribution in [0.5, 0.6) is 0 Å². The first kappa shape index (κ1) is 21.8. The van der Waals surface area contributed by atoms with Crippen molar-refractivity contribution in [2.75, 3.05) is 18.9 Å². The number of carbonyl (C=O) groups is 2. The fraction of sp³-hybridized carbons (Fsp3) is 0.130. The summed E-state index contributed by atoms with van der Waals surface area (Å²) in [5, 5.41) is 12.6. The molecule has 2 aromatic carbocycles. The van der Waals surface area contributed by atoms with Crippen molar-refractivity contribution in [1.82, 2.24) is 14.9 Å². The second-order valence-corrected chi connectivity index (χ2v) is 7.17. The van der Waals surface area contributed by atoms with E-state index < -0.39 is 5.97 Å². The summed E-state index contributed by atoms with van der Waals surface area (Å²) in [6.07, 6.45) is 4.39. The average Bonchev–Trinajstić information content (AvgIpc) is 3.51. The average molecular weight is 447 g/mol. The van der Waals surface area contributed by atoms with Gasteiger partial charge in [-0.3, -0.25) is 4.79 Å². The summed E-state index contributed by atoms with van der Waals surface area (Å²) in [6.45, 7) is 0.294. The topological polar surface area (TPSA) is 148 Å². The summed E-state index contributed by atoms with van der Waals surface area (Å²) < 4.78 is 11.1. The fourth-order valence-electron chi connectivity index (χ4n) is 3.32. The maximum absolute atomic E-state index is 11.8. The van der Waals surface area contributed by atoms with E-state index in [4.69, 9.17) is 14.6 Å². The van der Waals surface area contributed by atoms with Crippen LogP contribution in [0.4, 0.5) is 11.7 Å². The van der Waals surface area contributed by atoms with Gasteiger partial charge in [0.05, 0.1) is 30.1 Å². The second-order valence-electron chi connectivity index (χ2n) is 7.17. The van der Waals surface area contributed by atoms with Crippen molar-refractivity contribution in [3.05, 3.63) is 72.2 Å². The van der Waals surface area contributed by atoms with E-state index in [9.17, 15) is 14.7 Å². The number of nitrogens with one attached hydrogen (secondary N) is 1. The van der Waals surface area contributed by atoms with Crippen molar-refractivity contribution in [2.24, 2.45) is 5.73 Å². The lowest BCUT2D eigenvalue weighted by Gasteiger charge is -2.17. The highest BCUT2D eigenvalue weighted by Crippen LogP contribution is 2.30. The number of nitrogens with zero attached hydrogens (tertiary/aromatic N) is 3. The van der Waals surface area contributed by atoms with Gasteiger partial charge in [-0.2, -0.15) is 0 Å². The molecule has 10 nitrogen and oxygen atoms in total. The predicted octanol–water partition coefficient (Wildman–Crippen LogP) is 3.36. The molecule has 4 N–H and O–H groups in total. The molecular weight excluding hydrogens is 426 g/mol. The van der Waals surface area contributed by atoms with Gasteiger partial charge >= 0.3 is 5.97 Å². The van der Waals surface area contributed by atoms with Gasteiger partial charge in [-0.25, -0.2) is 14.8 Å². The highest BCUT2D eigenvalue weighted by Gasteiger charge is 2.17. The number of amides is 1. The monoisotopic (exact) mass is 447 g/mol. The number of anilines is 2. The van der Waals surface area contributed by atoms with E-state index in [1.807, 2.05) is 24.3 Å². The van der Waals surface area contributed by atoms with Crippen LogP contribution in [0, 0.1) is 0 Å². The summed E-state index contributed by atoms with van der Waals surface area (Å²) >= 11 is 0. The lowest BCUT2D eigenvalue weighted by Crippen LogP contribution is -2.32. The lowest BCUT2D eigenvalue weighted by molar-refractivity contribution is -0.128. The number of carboxylic acids is 1. The van der Waals surface area contributed by atoms with Crippen molar-refractivity contribution >= 4 is 23.6 Å². The molecule has 2 aromatic heterocycles. The number of carbonyl (C=O) groups excluding carboxylic acids is 1. The molecule has 0 fully saturated rings. The van der Waals surface area contributed by atoms with Crippen LogP contribution in [-0.4, -0.2) is 45.4 Å². The lowest BCUT2D eigenvalue weighted by atomic mass is 10.1. The molecule has 0 aliphatic heterocycles. The minimum absolute atomic E-state index is 0.0205. The van der Waals surface area contributed by atoms with E-state index in [0.29, 0.717) is 23.6 Å². The highest BCUT2D eigenvalue weighted by molar-refractivity contribution is 5.96. The fourth-order valence-corrected chi connectivity index (χ4v) is 3.32. The highest BCUT2D eigenvalue weighted by atomic mass is 16.4. The van der Waals surface area contributed by atoms with Crippen molar-refractivity contribution in [2.45, 2.75) is 6.54 Å². The third-order valence-electron chi connectivity index (χ3n) is 4.96. The van der Waals surface area contributed by atoms with Crippen LogP contribution in [0.2, 0.25) is 0 Å². The first-order chi connectivity index (χ1) is 16.0. The zero-order valence-electron chi connectivity index (χ0n) is 17.7. The molecule has 33 heavy (non-hydrogen) atoms. The SMILES string of the molecule is CN(Cc1ccccc1-c1cnc(Nc2ccc(-c3ncco3)c(C(=O)O)c2)o1)C(=O)CN. The van der Waals surface area contributed by atoms with E-state index in [2.05, 4.69) is 15.3 Å². The van der Waals surface area contributed by atoms with Crippen molar-refractivity contribution in [3.63, 3.8) is 0 Å². The quantitative estimate of drug-likeness (QED) is 0.370. The number of hydrogen-bond acceptors (Lipinski definition) is 8. The molecular formula is C23H21N5O5. The third-order valence-corrected chi connectivity index (χ3v) is 4.96. The zero-order chi connectivity index (χ0) is 23.4. The van der Waals surface area contributed by atoms with Crippen LogP contribution in [0.3, 0.4) is 0 Å². The summed E-state index contributed by atoms with van der Waals surface area (Å²) in [7, 11) is 1.68. The smallest absolute Gasteiger partial charge is 0.336 e. The Kier molecular flexibility index (Phi) is 6.18. The minimum Gasteiger partial charge on any atom is -0.478 e. The molecule has 0 saturated carbocycles. The Morgan fingerprint density at radius 1 is 1.15 bits per heavy atom. The molecule has 10 heteroatoms. The van der Waals surface area contributed by atoms with E-state index in [-0.39, 0.29) is 29.9 Å². The Hall–Kier alpha value is -4.44. The van der Waals surface area contributed by atoms with Crippen LogP contribution in [0.1, 0.15) is 15.9 Å². The van der Waals surface area contributed by atoms with Gasteiger partial charge < -0.3 is 29.9 Å². The van der Waals surface area contributed by atoms with Crippen LogP contribution in [-0.2, 0) is 11.3 Å². The molecule has 0 aliphatic carbocycles. The number of carboxylic acid groups (broad SMARTS) is 1. The molecule has 2 heterocycles. The van der Waals surface area contributed by atoms with Crippen LogP contribution in [0.25, 0.3) is 22.8 Å². The molecule has 0 aliphatic rings. The Bertz CT molecular complexity index is 1280. The second kappa shape index (κ2) is 9.37. The summed E-state index contributed by atoms with van der Waals surface area (Å²) in [5.74, 6) is -0.583. The molecule has 0 bridgehead atoms. The largest absolute Gasteiger partial charge is 0.478 e. The third kappa shape index (κ3) is 4.75. The number of oxazole rings is 2. The number of aromatic carboxylic acids is 1. The van der Waals surface area contributed by atoms with E-state index in [0.717, 1.165) is 11.1 Å². The number of benzene rings is 2. The normalized spacial score (nSPS) is 10.7. The minimum atomic E-state index is -1.12. The summed E-state index contributed by atoms with van der Waals surface area (Å²) in [4.78, 5) is 33.4. The molecule has 0 spiro atoms. The predicted molar refractivity (Wildman–Crippen MR) is 120 cm³/mol. The van der Waals surface area contributed by atoms with Gasteiger partial charge in [0.2, 0.25) is 11.8 Å². The first-order valence-electron chi connectivity index (χ1n) is 9.98. The Labute approximate surface area is 188 Å². The van der Waals surface area contributed by atoms with Crippen LogP contribution >= 0.6 is 0 Å². The first-order valence-corrected chi connectivity index (χ1v) is 9.98. The number of nitrogens with two attached hydrogens (primary N) is 1. The molecule has 4 aromatic rings. The van der Waals surface area contributed by atoms with Gasteiger partial charge in [0.15, 0.2) is 5.76 Å².